The minimum Gasteiger partial charge on any atom is -0.332 e. The second-order valence-electron chi connectivity index (χ2n) is 5.79. The molecule has 6 nitrogen and oxygen atoms in total. The highest BCUT2D eigenvalue weighted by Gasteiger charge is 2.51. The predicted octanol–water partition coefficient (Wildman–Crippen LogP) is 1.29. The number of benzene rings is 1. The van der Waals surface area contributed by atoms with E-state index in [9.17, 15) is 13.2 Å². The number of amides is 1. The van der Waals surface area contributed by atoms with Gasteiger partial charge >= 0.3 is 0 Å². The molecule has 2 atom stereocenters. The van der Waals surface area contributed by atoms with Crippen molar-refractivity contribution in [1.29, 1.82) is 0 Å². The Bertz CT molecular complexity index is 821. The number of nitrogens with zero attached hydrogens (tertiary/aromatic N) is 3. The number of thiazole rings is 1. The molecule has 0 saturated carbocycles. The van der Waals surface area contributed by atoms with Crippen molar-refractivity contribution in [2.75, 3.05) is 19.6 Å². The summed E-state index contributed by atoms with van der Waals surface area (Å²) in [6.45, 7) is 1.43. The zero-order chi connectivity index (χ0) is 16.0. The zero-order valence-electron chi connectivity index (χ0n) is 12.2. The Morgan fingerprint density at radius 3 is 2.65 bits per heavy atom. The summed E-state index contributed by atoms with van der Waals surface area (Å²) in [5.41, 5.74) is 2.07. The van der Waals surface area contributed by atoms with Crippen molar-refractivity contribution >= 4 is 27.3 Å². The highest BCUT2D eigenvalue weighted by Crippen LogP contribution is 2.36. The van der Waals surface area contributed by atoms with Crippen LogP contribution >= 0.6 is 11.3 Å². The molecule has 2 aliphatic rings. The van der Waals surface area contributed by atoms with E-state index in [1.165, 1.54) is 15.6 Å². The van der Waals surface area contributed by atoms with Gasteiger partial charge in [0.25, 0.3) is 5.91 Å². The molecule has 2 fully saturated rings. The molecule has 2 saturated heterocycles. The molecule has 8 heteroatoms. The first-order valence-electron chi connectivity index (χ1n) is 7.32. The van der Waals surface area contributed by atoms with E-state index in [1.54, 1.807) is 46.1 Å². The lowest BCUT2D eigenvalue weighted by Crippen LogP contribution is -2.58. The van der Waals surface area contributed by atoms with Crippen LogP contribution in [0.5, 0.6) is 0 Å². The normalized spacial score (nSPS) is 24.3. The fourth-order valence-corrected chi connectivity index (χ4v) is 5.30. The number of carbonyl (C=O) groups excluding carboxylic acids is 1. The molecule has 4 rings (SSSR count). The lowest BCUT2D eigenvalue weighted by Gasteiger charge is -2.43. The molecule has 0 aliphatic carbocycles. The SMILES string of the molecule is O=C(c1cscn1)N1C[C@@H]2CN(S(=O)(=O)c3ccccc3)C[C@@H]21. The number of sulfonamides is 1. The maximum absolute atomic E-state index is 12.7. The van der Waals surface area contributed by atoms with Gasteiger partial charge in [0, 0.05) is 30.9 Å². The summed E-state index contributed by atoms with van der Waals surface area (Å²) in [6.07, 6.45) is 0. The Morgan fingerprint density at radius 2 is 1.96 bits per heavy atom. The van der Waals surface area contributed by atoms with Crippen molar-refractivity contribution in [3.05, 3.63) is 46.9 Å². The second kappa shape index (κ2) is 5.40. The van der Waals surface area contributed by atoms with E-state index in [-0.39, 0.29) is 17.9 Å². The number of hydrogen-bond acceptors (Lipinski definition) is 5. The van der Waals surface area contributed by atoms with E-state index in [0.717, 1.165) is 0 Å². The molecule has 23 heavy (non-hydrogen) atoms. The summed E-state index contributed by atoms with van der Waals surface area (Å²) in [4.78, 5) is 18.4. The summed E-state index contributed by atoms with van der Waals surface area (Å²) in [5, 5.41) is 1.73. The average molecular weight is 349 g/mol. The van der Waals surface area contributed by atoms with Crippen molar-refractivity contribution < 1.29 is 13.2 Å². The quantitative estimate of drug-likeness (QED) is 0.837. The molecule has 3 heterocycles. The van der Waals surface area contributed by atoms with Gasteiger partial charge in [0.15, 0.2) is 0 Å². The molecular formula is C15H15N3O3S2. The Hall–Kier alpha value is -1.77. The largest absolute Gasteiger partial charge is 0.332 e. The van der Waals surface area contributed by atoms with Crippen LogP contribution in [0.3, 0.4) is 0 Å². The standard InChI is InChI=1S/C15H15N3O3S2/c19-15(13-9-22-10-16-13)18-7-11-6-17(8-14(11)18)23(20,21)12-4-2-1-3-5-12/h1-5,9-11,14H,6-8H2/t11-,14-/m0/s1. The molecule has 0 radical (unpaired) electrons. The molecule has 120 valence electrons. The third-order valence-electron chi connectivity index (χ3n) is 4.50. The molecule has 2 aliphatic heterocycles. The Labute approximate surface area is 138 Å². The summed E-state index contributed by atoms with van der Waals surface area (Å²) in [7, 11) is -3.49. The van der Waals surface area contributed by atoms with Crippen molar-refractivity contribution in [1.82, 2.24) is 14.2 Å². The third-order valence-corrected chi connectivity index (χ3v) is 6.93. The van der Waals surface area contributed by atoms with Gasteiger partial charge in [-0.25, -0.2) is 13.4 Å². The Balaban J connectivity index is 1.51. The lowest BCUT2D eigenvalue weighted by molar-refractivity contribution is 0.0322. The molecular weight excluding hydrogens is 334 g/mol. The van der Waals surface area contributed by atoms with E-state index in [2.05, 4.69) is 4.98 Å². The van der Waals surface area contributed by atoms with Crippen LogP contribution in [-0.2, 0) is 10.0 Å². The van der Waals surface area contributed by atoms with Gasteiger partial charge in [-0.05, 0) is 12.1 Å². The van der Waals surface area contributed by atoms with Crippen LogP contribution < -0.4 is 0 Å². The molecule has 2 aromatic rings. The Kier molecular flexibility index (Phi) is 3.47. The van der Waals surface area contributed by atoms with Crippen molar-refractivity contribution in [2.45, 2.75) is 10.9 Å². The van der Waals surface area contributed by atoms with E-state index >= 15 is 0 Å². The van der Waals surface area contributed by atoms with Crippen molar-refractivity contribution in [3.8, 4) is 0 Å². The molecule has 0 spiro atoms. The van der Waals surface area contributed by atoms with Gasteiger partial charge in [0.05, 0.1) is 16.4 Å². The van der Waals surface area contributed by atoms with Gasteiger partial charge < -0.3 is 4.90 Å². The number of aromatic nitrogens is 1. The predicted molar refractivity (Wildman–Crippen MR) is 85.6 cm³/mol. The first-order chi connectivity index (χ1) is 11.1. The maximum Gasteiger partial charge on any atom is 0.273 e. The number of hydrogen-bond donors (Lipinski definition) is 0. The van der Waals surface area contributed by atoms with Crippen LogP contribution in [0.15, 0.2) is 46.1 Å². The number of fused-ring (bicyclic) bond motifs is 1. The van der Waals surface area contributed by atoms with Crippen LogP contribution in [0, 0.1) is 5.92 Å². The van der Waals surface area contributed by atoms with E-state index in [1.807, 2.05) is 0 Å². The summed E-state index contributed by atoms with van der Waals surface area (Å²) >= 11 is 1.38. The third kappa shape index (κ3) is 2.37. The van der Waals surface area contributed by atoms with Crippen LogP contribution in [0.2, 0.25) is 0 Å². The fourth-order valence-electron chi connectivity index (χ4n) is 3.23. The van der Waals surface area contributed by atoms with Crippen molar-refractivity contribution in [2.24, 2.45) is 5.92 Å². The highest BCUT2D eigenvalue weighted by atomic mass is 32.2. The van der Waals surface area contributed by atoms with Crippen LogP contribution in [0.4, 0.5) is 0 Å². The minimum absolute atomic E-state index is 0.0392. The smallest absolute Gasteiger partial charge is 0.273 e. The highest BCUT2D eigenvalue weighted by molar-refractivity contribution is 7.89. The molecule has 1 amide bonds. The molecule has 1 aromatic heterocycles. The first-order valence-corrected chi connectivity index (χ1v) is 9.70. The first kappa shape index (κ1) is 14.8. The van der Waals surface area contributed by atoms with Crippen LogP contribution in [-0.4, -0.2) is 54.2 Å². The summed E-state index contributed by atoms with van der Waals surface area (Å²) < 4.78 is 26.8. The minimum atomic E-state index is -3.49. The van der Waals surface area contributed by atoms with E-state index in [4.69, 9.17) is 0 Å². The maximum atomic E-state index is 12.7. The van der Waals surface area contributed by atoms with Crippen LogP contribution in [0.25, 0.3) is 0 Å². The fraction of sp³-hybridized carbons (Fsp3) is 0.333. The van der Waals surface area contributed by atoms with Gasteiger partial charge in [-0.15, -0.1) is 11.3 Å². The van der Waals surface area contributed by atoms with E-state index < -0.39 is 10.0 Å². The average Bonchev–Trinajstić information content (AvgIpc) is 3.17. The Morgan fingerprint density at radius 1 is 1.17 bits per heavy atom. The van der Waals surface area contributed by atoms with Crippen LogP contribution in [0.1, 0.15) is 10.5 Å². The number of likely N-dealkylation sites (tertiary alicyclic amines) is 1. The molecule has 1 aromatic carbocycles. The molecule has 0 N–H and O–H groups in total. The lowest BCUT2D eigenvalue weighted by atomic mass is 9.92. The van der Waals surface area contributed by atoms with Crippen molar-refractivity contribution in [3.63, 3.8) is 0 Å². The summed E-state index contributed by atoms with van der Waals surface area (Å²) in [5.74, 6) is 0.113. The monoisotopic (exact) mass is 349 g/mol. The topological polar surface area (TPSA) is 70.6 Å². The molecule has 0 unspecified atom stereocenters. The van der Waals surface area contributed by atoms with Gasteiger partial charge in [0.1, 0.15) is 5.69 Å². The zero-order valence-corrected chi connectivity index (χ0v) is 13.8. The second-order valence-corrected chi connectivity index (χ2v) is 8.45. The number of rotatable bonds is 3. The van der Waals surface area contributed by atoms with Gasteiger partial charge in [0.2, 0.25) is 10.0 Å². The number of carbonyl (C=O) groups is 1. The van der Waals surface area contributed by atoms with Gasteiger partial charge in [-0.2, -0.15) is 4.31 Å². The van der Waals surface area contributed by atoms with Gasteiger partial charge in [-0.1, -0.05) is 18.2 Å². The van der Waals surface area contributed by atoms with E-state index in [0.29, 0.717) is 30.2 Å². The molecule has 0 bridgehead atoms. The summed E-state index contributed by atoms with van der Waals surface area (Å²) in [6, 6.07) is 8.40. The van der Waals surface area contributed by atoms with Gasteiger partial charge in [-0.3, -0.25) is 4.79 Å².